The van der Waals surface area contributed by atoms with Crippen LogP contribution >= 0.6 is 0 Å². The lowest BCUT2D eigenvalue weighted by atomic mass is 10.1. The summed E-state index contributed by atoms with van der Waals surface area (Å²) in [5, 5.41) is 4.30. The van der Waals surface area contributed by atoms with Gasteiger partial charge in [-0.1, -0.05) is 12.1 Å². The average Bonchev–Trinajstić information content (AvgIpc) is 3.04. The second-order valence-corrected chi connectivity index (χ2v) is 5.89. The van der Waals surface area contributed by atoms with Crippen LogP contribution in [0.25, 0.3) is 11.3 Å². The minimum absolute atomic E-state index is 0.219. The van der Waals surface area contributed by atoms with Gasteiger partial charge in [0.15, 0.2) is 0 Å². The van der Waals surface area contributed by atoms with Crippen LogP contribution in [-0.2, 0) is 11.3 Å². The summed E-state index contributed by atoms with van der Waals surface area (Å²) in [5.41, 5.74) is 2.33. The quantitative estimate of drug-likeness (QED) is 0.774. The van der Waals surface area contributed by atoms with Gasteiger partial charge in [-0.05, 0) is 25.5 Å². The lowest BCUT2D eigenvalue weighted by Gasteiger charge is -2.14. The molecule has 7 heteroatoms. The van der Waals surface area contributed by atoms with Gasteiger partial charge in [-0.3, -0.25) is 9.48 Å². The maximum absolute atomic E-state index is 14.4. The molecule has 0 saturated heterocycles. The van der Waals surface area contributed by atoms with E-state index in [0.29, 0.717) is 29.3 Å². The summed E-state index contributed by atoms with van der Waals surface area (Å²) in [7, 11) is 1.57. The molecule has 0 aliphatic heterocycles. The van der Waals surface area contributed by atoms with Crippen molar-refractivity contribution in [2.45, 2.75) is 26.5 Å². The van der Waals surface area contributed by atoms with Gasteiger partial charge >= 0.3 is 0 Å². The SMILES string of the molecule is COCc1ccc([C@H](C)n2cc(-c3cc(=O)[nH]c(C)n3)cn2)c(F)c1. The summed E-state index contributed by atoms with van der Waals surface area (Å²) < 4.78 is 21.1. The molecule has 0 unspecified atom stereocenters. The van der Waals surface area contributed by atoms with Gasteiger partial charge in [0.05, 0.1) is 24.5 Å². The van der Waals surface area contributed by atoms with Crippen LogP contribution in [0.3, 0.4) is 0 Å². The molecule has 3 aromatic rings. The highest BCUT2D eigenvalue weighted by Gasteiger charge is 2.15. The van der Waals surface area contributed by atoms with Crippen LogP contribution in [0.5, 0.6) is 0 Å². The molecule has 2 aromatic heterocycles. The normalized spacial score (nSPS) is 12.3. The van der Waals surface area contributed by atoms with E-state index in [4.69, 9.17) is 4.74 Å². The van der Waals surface area contributed by atoms with Crippen molar-refractivity contribution >= 4 is 0 Å². The number of aromatic nitrogens is 4. The number of halogens is 1. The minimum atomic E-state index is -0.302. The number of aryl methyl sites for hydroxylation is 1. The number of hydrogen-bond donors (Lipinski definition) is 1. The summed E-state index contributed by atoms with van der Waals surface area (Å²) in [6.07, 6.45) is 3.38. The Labute approximate surface area is 144 Å². The zero-order valence-corrected chi connectivity index (χ0v) is 14.3. The Bertz CT molecular complexity index is 948. The van der Waals surface area contributed by atoms with Crippen LogP contribution in [0.15, 0.2) is 41.5 Å². The zero-order valence-electron chi connectivity index (χ0n) is 14.3. The Balaban J connectivity index is 1.90. The molecular weight excluding hydrogens is 323 g/mol. The smallest absolute Gasteiger partial charge is 0.251 e. The number of ether oxygens (including phenoxy) is 1. The van der Waals surface area contributed by atoms with Crippen LogP contribution in [0.1, 0.15) is 29.9 Å². The second-order valence-electron chi connectivity index (χ2n) is 5.89. The third kappa shape index (κ3) is 3.66. The first kappa shape index (κ1) is 17.0. The Kier molecular flexibility index (Phi) is 4.76. The molecule has 0 aliphatic rings. The summed E-state index contributed by atoms with van der Waals surface area (Å²) >= 11 is 0. The molecule has 0 bridgehead atoms. The van der Waals surface area contributed by atoms with Gasteiger partial charge in [-0.2, -0.15) is 5.10 Å². The Morgan fingerprint density at radius 2 is 2.16 bits per heavy atom. The lowest BCUT2D eigenvalue weighted by molar-refractivity contribution is 0.184. The first-order chi connectivity index (χ1) is 12.0. The molecular formula is C18H19FN4O2. The number of H-pyrrole nitrogens is 1. The van der Waals surface area contributed by atoms with E-state index in [1.807, 2.05) is 13.0 Å². The molecule has 1 atom stereocenters. The Morgan fingerprint density at radius 3 is 2.84 bits per heavy atom. The molecule has 0 saturated carbocycles. The average molecular weight is 342 g/mol. The zero-order chi connectivity index (χ0) is 18.0. The van der Waals surface area contributed by atoms with Crippen LogP contribution in [0.2, 0.25) is 0 Å². The van der Waals surface area contributed by atoms with Crippen LogP contribution in [0, 0.1) is 12.7 Å². The molecule has 6 nitrogen and oxygen atoms in total. The molecule has 3 rings (SSSR count). The fourth-order valence-corrected chi connectivity index (χ4v) is 2.72. The number of nitrogens with one attached hydrogen (secondary N) is 1. The predicted octanol–water partition coefficient (Wildman–Crippen LogP) is 2.84. The van der Waals surface area contributed by atoms with Gasteiger partial charge in [0.25, 0.3) is 5.56 Å². The summed E-state index contributed by atoms with van der Waals surface area (Å²) in [6.45, 7) is 3.95. The van der Waals surface area contributed by atoms with E-state index in [9.17, 15) is 9.18 Å². The predicted molar refractivity (Wildman–Crippen MR) is 91.7 cm³/mol. The van der Waals surface area contributed by atoms with Crippen LogP contribution < -0.4 is 5.56 Å². The molecule has 0 spiro atoms. The molecule has 2 heterocycles. The maximum atomic E-state index is 14.4. The molecule has 0 amide bonds. The maximum Gasteiger partial charge on any atom is 0.251 e. The summed E-state index contributed by atoms with van der Waals surface area (Å²) in [5.74, 6) is 0.229. The second kappa shape index (κ2) is 6.98. The van der Waals surface area contributed by atoms with Crippen molar-refractivity contribution in [1.29, 1.82) is 0 Å². The molecule has 1 N–H and O–H groups in total. The summed E-state index contributed by atoms with van der Waals surface area (Å²) in [4.78, 5) is 18.5. The number of nitrogens with zero attached hydrogens (tertiary/aromatic N) is 3. The van der Waals surface area contributed by atoms with Crippen molar-refractivity contribution in [1.82, 2.24) is 19.7 Å². The van der Waals surface area contributed by atoms with E-state index in [-0.39, 0.29) is 17.4 Å². The lowest BCUT2D eigenvalue weighted by Crippen LogP contribution is -2.10. The molecule has 0 aliphatic carbocycles. The monoisotopic (exact) mass is 342 g/mol. The Morgan fingerprint density at radius 1 is 1.36 bits per heavy atom. The van der Waals surface area contributed by atoms with E-state index in [1.165, 1.54) is 12.1 Å². The van der Waals surface area contributed by atoms with E-state index in [0.717, 1.165) is 5.56 Å². The van der Waals surface area contributed by atoms with Crippen molar-refractivity contribution < 1.29 is 9.13 Å². The van der Waals surface area contributed by atoms with E-state index < -0.39 is 0 Å². The van der Waals surface area contributed by atoms with Gasteiger partial charge in [-0.25, -0.2) is 9.37 Å². The van der Waals surface area contributed by atoms with Crippen molar-refractivity contribution in [3.05, 3.63) is 69.8 Å². The van der Waals surface area contributed by atoms with Gasteiger partial charge in [-0.15, -0.1) is 0 Å². The molecule has 1 aromatic carbocycles. The first-order valence-electron chi connectivity index (χ1n) is 7.87. The molecule has 0 fully saturated rings. The largest absolute Gasteiger partial charge is 0.380 e. The highest BCUT2D eigenvalue weighted by Crippen LogP contribution is 2.24. The highest BCUT2D eigenvalue weighted by atomic mass is 19.1. The van der Waals surface area contributed by atoms with E-state index >= 15 is 0 Å². The van der Waals surface area contributed by atoms with Gasteiger partial charge < -0.3 is 9.72 Å². The van der Waals surface area contributed by atoms with Gasteiger partial charge in [0, 0.05) is 30.5 Å². The van der Waals surface area contributed by atoms with Gasteiger partial charge in [0.1, 0.15) is 11.6 Å². The molecule has 25 heavy (non-hydrogen) atoms. The van der Waals surface area contributed by atoms with Crippen molar-refractivity contribution in [3.8, 4) is 11.3 Å². The van der Waals surface area contributed by atoms with Crippen LogP contribution in [-0.4, -0.2) is 26.9 Å². The fraction of sp³-hybridized carbons (Fsp3) is 0.278. The summed E-state index contributed by atoms with van der Waals surface area (Å²) in [6, 6.07) is 6.17. The third-order valence-corrected chi connectivity index (χ3v) is 3.98. The molecule has 0 radical (unpaired) electrons. The van der Waals surface area contributed by atoms with Crippen molar-refractivity contribution in [2.75, 3.05) is 7.11 Å². The van der Waals surface area contributed by atoms with Crippen molar-refractivity contribution in [2.24, 2.45) is 0 Å². The van der Waals surface area contributed by atoms with Crippen molar-refractivity contribution in [3.63, 3.8) is 0 Å². The Hall–Kier alpha value is -2.80. The fourth-order valence-electron chi connectivity index (χ4n) is 2.72. The first-order valence-corrected chi connectivity index (χ1v) is 7.87. The number of rotatable bonds is 5. The highest BCUT2D eigenvalue weighted by molar-refractivity contribution is 5.56. The standard InChI is InChI=1S/C18H19FN4O2/c1-11(15-5-4-13(10-25-3)6-16(15)19)23-9-14(8-20-23)17-7-18(24)22-12(2)21-17/h4-9,11H,10H2,1-3H3,(H,21,22,24)/t11-/m0/s1. The number of benzene rings is 1. The number of aromatic amines is 1. The van der Waals surface area contributed by atoms with Gasteiger partial charge in [0.2, 0.25) is 0 Å². The van der Waals surface area contributed by atoms with E-state index in [1.54, 1.807) is 37.2 Å². The number of methoxy groups -OCH3 is 1. The minimum Gasteiger partial charge on any atom is -0.380 e. The topological polar surface area (TPSA) is 72.8 Å². The van der Waals surface area contributed by atoms with E-state index in [2.05, 4.69) is 15.1 Å². The van der Waals surface area contributed by atoms with Crippen LogP contribution in [0.4, 0.5) is 4.39 Å². The molecule has 130 valence electrons. The number of hydrogen-bond acceptors (Lipinski definition) is 4. The third-order valence-electron chi connectivity index (χ3n) is 3.98.